The van der Waals surface area contributed by atoms with Gasteiger partial charge in [0.2, 0.25) is 0 Å². The summed E-state index contributed by atoms with van der Waals surface area (Å²) in [5.74, 6) is -2.62. The van der Waals surface area contributed by atoms with Crippen molar-refractivity contribution in [2.45, 2.75) is 18.8 Å². The minimum absolute atomic E-state index is 0.00865. The maximum Gasteiger partial charge on any atom is 0.442 e. The van der Waals surface area contributed by atoms with Crippen molar-refractivity contribution < 1.29 is 22.8 Å². The zero-order valence-corrected chi connectivity index (χ0v) is 15.5. The number of hydrogen-bond acceptors (Lipinski definition) is 3. The number of amides is 2. The Balaban J connectivity index is 2.09. The molecule has 1 aliphatic heterocycles. The fourth-order valence-corrected chi connectivity index (χ4v) is 2.94. The summed E-state index contributed by atoms with van der Waals surface area (Å²) in [6.07, 6.45) is -3.86. The summed E-state index contributed by atoms with van der Waals surface area (Å²) in [6.45, 7) is 5.09. The van der Waals surface area contributed by atoms with Gasteiger partial charge in [-0.1, -0.05) is 54.1 Å². The quantitative estimate of drug-likeness (QED) is 0.780. The van der Waals surface area contributed by atoms with E-state index in [1.54, 1.807) is 37.3 Å². The Kier molecular flexibility index (Phi) is 5.28. The molecule has 29 heavy (non-hydrogen) atoms. The summed E-state index contributed by atoms with van der Waals surface area (Å²) in [7, 11) is 0. The molecular formula is C21H18F3N3O2. The molecule has 0 unspecified atom stereocenters. The van der Waals surface area contributed by atoms with E-state index in [0.717, 1.165) is 10.5 Å². The largest absolute Gasteiger partial charge is 0.442 e. The standard InChI is InChI=1S/C21H18F3N3O2/c1-3-13-27-17(15-7-5-4-6-8-15)25-20(19(27)29,21(22,23)24)26-18(28)16-11-9-14(2)10-12-16/h3-12H,1,13H2,2H3,(H,26,28)/t20-/m1/s1. The highest BCUT2D eigenvalue weighted by atomic mass is 19.4. The number of aliphatic imine (C=N–C) groups is 1. The number of alkyl halides is 3. The van der Waals surface area contributed by atoms with Crippen molar-refractivity contribution in [3.63, 3.8) is 0 Å². The first-order valence-electron chi connectivity index (χ1n) is 8.73. The molecule has 1 aliphatic rings. The Labute approximate surface area is 165 Å². The van der Waals surface area contributed by atoms with Crippen LogP contribution in [0, 0.1) is 6.92 Å². The van der Waals surface area contributed by atoms with E-state index in [9.17, 15) is 22.8 Å². The smallest absolute Gasteiger partial charge is 0.312 e. The van der Waals surface area contributed by atoms with Crippen LogP contribution in [-0.4, -0.2) is 40.9 Å². The SMILES string of the molecule is C=CCN1C(=O)[C@@](NC(=O)c2ccc(C)cc2)(C(F)(F)F)N=C1c1ccccc1. The second-order valence-electron chi connectivity index (χ2n) is 6.53. The number of carbonyl (C=O) groups is 2. The molecule has 0 spiro atoms. The zero-order chi connectivity index (χ0) is 21.2. The predicted octanol–water partition coefficient (Wildman–Crippen LogP) is 3.46. The lowest BCUT2D eigenvalue weighted by Gasteiger charge is -2.28. The van der Waals surface area contributed by atoms with Gasteiger partial charge in [-0.15, -0.1) is 6.58 Å². The highest BCUT2D eigenvalue weighted by Crippen LogP contribution is 2.38. The molecule has 5 nitrogen and oxygen atoms in total. The van der Waals surface area contributed by atoms with Crippen molar-refractivity contribution in [1.29, 1.82) is 0 Å². The van der Waals surface area contributed by atoms with Gasteiger partial charge in [-0.25, -0.2) is 4.99 Å². The monoisotopic (exact) mass is 401 g/mol. The first kappa shape index (κ1) is 20.3. The van der Waals surface area contributed by atoms with E-state index in [1.165, 1.54) is 30.3 Å². The Morgan fingerprint density at radius 3 is 2.34 bits per heavy atom. The molecule has 2 aromatic rings. The number of halogens is 3. The minimum Gasteiger partial charge on any atom is -0.312 e. The van der Waals surface area contributed by atoms with Crippen molar-refractivity contribution in [1.82, 2.24) is 10.2 Å². The summed E-state index contributed by atoms with van der Waals surface area (Å²) in [4.78, 5) is 30.0. The minimum atomic E-state index is -5.15. The molecule has 3 rings (SSSR count). The summed E-state index contributed by atoms with van der Waals surface area (Å²) in [5.41, 5.74) is -2.27. The topological polar surface area (TPSA) is 61.8 Å². The van der Waals surface area contributed by atoms with Gasteiger partial charge < -0.3 is 5.32 Å². The van der Waals surface area contributed by atoms with Crippen LogP contribution in [0.5, 0.6) is 0 Å². The fourth-order valence-electron chi connectivity index (χ4n) is 2.94. The van der Waals surface area contributed by atoms with Gasteiger partial charge in [0.1, 0.15) is 5.84 Å². The van der Waals surface area contributed by atoms with Crippen LogP contribution in [0.1, 0.15) is 21.5 Å². The zero-order valence-electron chi connectivity index (χ0n) is 15.5. The molecular weight excluding hydrogens is 383 g/mol. The van der Waals surface area contributed by atoms with E-state index in [0.29, 0.717) is 5.56 Å². The van der Waals surface area contributed by atoms with Gasteiger partial charge >= 0.3 is 11.8 Å². The molecule has 8 heteroatoms. The fraction of sp³-hybridized carbons (Fsp3) is 0.190. The first-order valence-corrected chi connectivity index (χ1v) is 8.73. The van der Waals surface area contributed by atoms with E-state index in [1.807, 2.05) is 5.32 Å². The van der Waals surface area contributed by atoms with Gasteiger partial charge in [0, 0.05) is 17.7 Å². The molecule has 0 saturated carbocycles. The Morgan fingerprint density at radius 2 is 1.79 bits per heavy atom. The molecule has 150 valence electrons. The maximum absolute atomic E-state index is 14.1. The van der Waals surface area contributed by atoms with Crippen molar-refractivity contribution in [2.75, 3.05) is 6.54 Å². The normalized spacial score (nSPS) is 19.1. The van der Waals surface area contributed by atoms with E-state index in [4.69, 9.17) is 0 Å². The van der Waals surface area contributed by atoms with Crippen molar-refractivity contribution in [3.8, 4) is 0 Å². The summed E-state index contributed by atoms with van der Waals surface area (Å²) < 4.78 is 42.3. The van der Waals surface area contributed by atoms with Crippen LogP contribution in [0.4, 0.5) is 13.2 Å². The molecule has 0 aromatic heterocycles. The third-order valence-electron chi connectivity index (χ3n) is 4.45. The number of carbonyl (C=O) groups excluding carboxylic acids is 2. The number of benzene rings is 2. The number of hydrogen-bond donors (Lipinski definition) is 1. The third kappa shape index (κ3) is 3.65. The number of amidine groups is 1. The molecule has 0 fully saturated rings. The van der Waals surface area contributed by atoms with Crippen LogP contribution < -0.4 is 5.32 Å². The molecule has 1 heterocycles. The van der Waals surface area contributed by atoms with Crippen LogP contribution in [0.3, 0.4) is 0 Å². The second-order valence-corrected chi connectivity index (χ2v) is 6.53. The number of rotatable bonds is 5. The summed E-state index contributed by atoms with van der Waals surface area (Å²) >= 11 is 0. The van der Waals surface area contributed by atoms with E-state index in [-0.39, 0.29) is 17.9 Å². The molecule has 0 aliphatic carbocycles. The maximum atomic E-state index is 14.1. The van der Waals surface area contributed by atoms with Crippen LogP contribution in [0.2, 0.25) is 0 Å². The van der Waals surface area contributed by atoms with Crippen LogP contribution in [-0.2, 0) is 4.79 Å². The van der Waals surface area contributed by atoms with Gasteiger partial charge in [-0.2, -0.15) is 13.2 Å². The van der Waals surface area contributed by atoms with Gasteiger partial charge in [0.15, 0.2) is 0 Å². The van der Waals surface area contributed by atoms with Crippen molar-refractivity contribution in [2.24, 2.45) is 4.99 Å². The number of nitrogens with zero attached hydrogens (tertiary/aromatic N) is 2. The Hall–Kier alpha value is -3.42. The molecule has 0 bridgehead atoms. The second kappa shape index (κ2) is 7.54. The highest BCUT2D eigenvalue weighted by Gasteiger charge is 2.67. The van der Waals surface area contributed by atoms with E-state index < -0.39 is 23.7 Å². The lowest BCUT2D eigenvalue weighted by Crippen LogP contribution is -2.63. The summed E-state index contributed by atoms with van der Waals surface area (Å²) in [6, 6.07) is 14.0. The highest BCUT2D eigenvalue weighted by molar-refractivity contribution is 6.16. The average Bonchev–Trinajstić information content (AvgIpc) is 2.96. The lowest BCUT2D eigenvalue weighted by atomic mass is 10.1. The molecule has 2 amide bonds. The van der Waals surface area contributed by atoms with Gasteiger partial charge in [-0.3, -0.25) is 14.5 Å². The van der Waals surface area contributed by atoms with Gasteiger partial charge in [0.05, 0.1) is 0 Å². The van der Waals surface area contributed by atoms with Crippen LogP contribution in [0.15, 0.2) is 72.2 Å². The van der Waals surface area contributed by atoms with E-state index in [2.05, 4.69) is 11.6 Å². The van der Waals surface area contributed by atoms with Crippen LogP contribution in [0.25, 0.3) is 0 Å². The number of nitrogens with one attached hydrogen (secondary N) is 1. The summed E-state index contributed by atoms with van der Waals surface area (Å²) in [5, 5.41) is 1.83. The van der Waals surface area contributed by atoms with E-state index >= 15 is 0 Å². The van der Waals surface area contributed by atoms with Gasteiger partial charge in [-0.05, 0) is 19.1 Å². The van der Waals surface area contributed by atoms with Crippen LogP contribution >= 0.6 is 0 Å². The average molecular weight is 401 g/mol. The third-order valence-corrected chi connectivity index (χ3v) is 4.45. The molecule has 1 N–H and O–H groups in total. The number of aryl methyl sites for hydroxylation is 1. The lowest BCUT2D eigenvalue weighted by molar-refractivity contribution is -0.196. The molecule has 2 aromatic carbocycles. The van der Waals surface area contributed by atoms with Crippen molar-refractivity contribution in [3.05, 3.63) is 83.9 Å². The first-order chi connectivity index (χ1) is 13.7. The molecule has 0 radical (unpaired) electrons. The van der Waals surface area contributed by atoms with Crippen molar-refractivity contribution >= 4 is 17.6 Å². The molecule has 1 atom stereocenters. The molecule has 0 saturated heterocycles. The predicted molar refractivity (Wildman–Crippen MR) is 102 cm³/mol. The Bertz CT molecular complexity index is 969. The Morgan fingerprint density at radius 1 is 1.17 bits per heavy atom. The van der Waals surface area contributed by atoms with Gasteiger partial charge in [0.25, 0.3) is 11.8 Å².